The summed E-state index contributed by atoms with van der Waals surface area (Å²) in [5, 5.41) is 2.92. The number of carbonyl (C=O) groups excluding carboxylic acids is 1. The van der Waals surface area contributed by atoms with Gasteiger partial charge in [0.2, 0.25) is 5.91 Å². The topological polar surface area (TPSA) is 54.5 Å². The number of carbonyl (C=O) groups is 1. The normalized spacial score (nSPS) is 15.3. The number of hydrogen-bond acceptors (Lipinski definition) is 5. The third kappa shape index (κ3) is 4.11. The van der Waals surface area contributed by atoms with Gasteiger partial charge in [0, 0.05) is 31.4 Å². The average Bonchev–Trinajstić information content (AvgIpc) is 2.47. The van der Waals surface area contributed by atoms with E-state index in [4.69, 9.17) is 4.74 Å². The van der Waals surface area contributed by atoms with Crippen LogP contribution >= 0.6 is 11.8 Å². The summed E-state index contributed by atoms with van der Waals surface area (Å²) in [6, 6.07) is 3.91. The number of hydrogen-bond donors (Lipinski definition) is 1. The number of ether oxygens (including phenoxy) is 1. The maximum atomic E-state index is 11.5. The molecule has 1 aliphatic rings. The molecule has 2 heterocycles. The summed E-state index contributed by atoms with van der Waals surface area (Å²) in [6.45, 7) is 3.69. The highest BCUT2D eigenvalue weighted by Gasteiger charge is 2.15. The van der Waals surface area contributed by atoms with E-state index in [2.05, 4.69) is 15.2 Å². The number of nitrogens with zero attached hydrogens (tertiary/aromatic N) is 2. The molecule has 5 nitrogen and oxygen atoms in total. The summed E-state index contributed by atoms with van der Waals surface area (Å²) in [5.41, 5.74) is 1.05. The third-order valence-electron chi connectivity index (χ3n) is 2.93. The van der Waals surface area contributed by atoms with Crippen LogP contribution in [0.1, 0.15) is 5.56 Å². The molecule has 19 heavy (non-hydrogen) atoms. The number of aromatic nitrogens is 1. The van der Waals surface area contributed by atoms with Crippen molar-refractivity contribution in [3.8, 4) is 0 Å². The molecular weight excluding hydrogens is 262 g/mol. The molecule has 0 spiro atoms. The zero-order chi connectivity index (χ0) is 13.5. The predicted octanol–water partition coefficient (Wildman–Crippen LogP) is 0.897. The highest BCUT2D eigenvalue weighted by Crippen LogP contribution is 2.18. The van der Waals surface area contributed by atoms with Gasteiger partial charge in [-0.05, 0) is 12.3 Å². The van der Waals surface area contributed by atoms with Gasteiger partial charge in [-0.15, -0.1) is 0 Å². The van der Waals surface area contributed by atoms with E-state index in [1.165, 1.54) is 11.8 Å². The fourth-order valence-electron chi connectivity index (χ4n) is 2.00. The summed E-state index contributed by atoms with van der Waals surface area (Å²) in [4.78, 5) is 18.2. The Kier molecular flexibility index (Phi) is 5.47. The molecule has 6 heteroatoms. The highest BCUT2D eigenvalue weighted by molar-refractivity contribution is 7.99. The Balaban J connectivity index is 2.01. The maximum Gasteiger partial charge on any atom is 0.230 e. The number of nitrogens with one attached hydrogen (secondary N) is 1. The van der Waals surface area contributed by atoms with Crippen LogP contribution in [0.15, 0.2) is 18.3 Å². The fourth-order valence-corrected chi connectivity index (χ4v) is 2.37. The summed E-state index contributed by atoms with van der Waals surface area (Å²) < 4.78 is 5.35. The second-order valence-electron chi connectivity index (χ2n) is 4.30. The summed E-state index contributed by atoms with van der Waals surface area (Å²) in [6.07, 6.45) is 3.71. The lowest BCUT2D eigenvalue weighted by Crippen LogP contribution is -2.38. The lowest BCUT2D eigenvalue weighted by atomic mass is 10.2. The van der Waals surface area contributed by atoms with Crippen molar-refractivity contribution in [2.75, 3.05) is 43.2 Å². The Morgan fingerprint density at radius 1 is 1.53 bits per heavy atom. The zero-order valence-corrected chi connectivity index (χ0v) is 11.9. The van der Waals surface area contributed by atoms with Crippen molar-refractivity contribution in [3.63, 3.8) is 0 Å². The number of rotatable bonds is 5. The summed E-state index contributed by atoms with van der Waals surface area (Å²) >= 11 is 1.52. The van der Waals surface area contributed by atoms with Crippen LogP contribution in [-0.2, 0) is 16.1 Å². The van der Waals surface area contributed by atoms with E-state index in [1.54, 1.807) is 6.20 Å². The molecule has 0 aliphatic carbocycles. The molecule has 1 aromatic rings. The quantitative estimate of drug-likeness (QED) is 0.869. The number of amides is 1. The number of thioether (sulfide) groups is 1. The van der Waals surface area contributed by atoms with Crippen LogP contribution in [0, 0.1) is 0 Å². The van der Waals surface area contributed by atoms with Crippen molar-refractivity contribution in [2.24, 2.45) is 0 Å². The minimum Gasteiger partial charge on any atom is -0.378 e. The summed E-state index contributed by atoms with van der Waals surface area (Å²) in [5.74, 6) is 1.51. The van der Waals surface area contributed by atoms with Gasteiger partial charge < -0.3 is 15.0 Å². The zero-order valence-electron chi connectivity index (χ0n) is 11.1. The van der Waals surface area contributed by atoms with Crippen LogP contribution in [0.3, 0.4) is 0 Å². The number of pyridine rings is 1. The number of anilines is 1. The molecule has 0 bridgehead atoms. The van der Waals surface area contributed by atoms with E-state index in [0.717, 1.165) is 37.7 Å². The molecule has 0 atom stereocenters. The van der Waals surface area contributed by atoms with Crippen LogP contribution in [0.2, 0.25) is 0 Å². The summed E-state index contributed by atoms with van der Waals surface area (Å²) in [7, 11) is 0. The first-order valence-electron chi connectivity index (χ1n) is 6.33. The predicted molar refractivity (Wildman–Crippen MR) is 77.5 cm³/mol. The molecule has 1 amide bonds. The average molecular weight is 281 g/mol. The Hall–Kier alpha value is -1.27. The monoisotopic (exact) mass is 281 g/mol. The molecule has 0 radical (unpaired) electrons. The van der Waals surface area contributed by atoms with E-state index in [-0.39, 0.29) is 5.91 Å². The van der Waals surface area contributed by atoms with Crippen molar-refractivity contribution in [2.45, 2.75) is 6.54 Å². The van der Waals surface area contributed by atoms with Gasteiger partial charge in [0.05, 0.1) is 19.0 Å². The molecule has 2 rings (SSSR count). The van der Waals surface area contributed by atoms with Crippen LogP contribution in [0.5, 0.6) is 0 Å². The second kappa shape index (κ2) is 7.35. The Morgan fingerprint density at radius 3 is 3.05 bits per heavy atom. The molecule has 1 N–H and O–H groups in total. The van der Waals surface area contributed by atoms with E-state index >= 15 is 0 Å². The highest BCUT2D eigenvalue weighted by atomic mass is 32.2. The van der Waals surface area contributed by atoms with Crippen LogP contribution in [0.4, 0.5) is 5.82 Å². The van der Waals surface area contributed by atoms with Gasteiger partial charge in [0.25, 0.3) is 0 Å². The first-order valence-corrected chi connectivity index (χ1v) is 7.73. The Morgan fingerprint density at radius 2 is 2.32 bits per heavy atom. The van der Waals surface area contributed by atoms with Gasteiger partial charge in [-0.25, -0.2) is 4.98 Å². The standard InChI is InChI=1S/C13H19N3O2S/c1-19-10-12(17)15-9-11-3-2-4-14-13(11)16-5-7-18-8-6-16/h2-4H,5-10H2,1H3,(H,15,17). The number of morpholine rings is 1. The van der Waals surface area contributed by atoms with Crippen LogP contribution < -0.4 is 10.2 Å². The van der Waals surface area contributed by atoms with Gasteiger partial charge in [0.15, 0.2) is 0 Å². The molecule has 1 saturated heterocycles. The second-order valence-corrected chi connectivity index (χ2v) is 5.16. The fraction of sp³-hybridized carbons (Fsp3) is 0.538. The lowest BCUT2D eigenvalue weighted by molar-refractivity contribution is -0.118. The molecule has 0 aromatic carbocycles. The van der Waals surface area contributed by atoms with Gasteiger partial charge in [-0.1, -0.05) is 6.07 Å². The van der Waals surface area contributed by atoms with Crippen molar-refractivity contribution in [1.82, 2.24) is 10.3 Å². The molecule has 0 unspecified atom stereocenters. The smallest absolute Gasteiger partial charge is 0.230 e. The van der Waals surface area contributed by atoms with E-state index in [0.29, 0.717) is 12.3 Å². The molecular formula is C13H19N3O2S. The van der Waals surface area contributed by atoms with Crippen molar-refractivity contribution in [3.05, 3.63) is 23.9 Å². The van der Waals surface area contributed by atoms with Gasteiger partial charge in [-0.3, -0.25) is 4.79 Å². The molecule has 1 aromatic heterocycles. The minimum atomic E-state index is 0.0595. The SMILES string of the molecule is CSCC(=O)NCc1cccnc1N1CCOCC1. The van der Waals surface area contributed by atoms with E-state index < -0.39 is 0 Å². The Bertz CT molecular complexity index is 422. The maximum absolute atomic E-state index is 11.5. The van der Waals surface area contributed by atoms with Gasteiger partial charge >= 0.3 is 0 Å². The van der Waals surface area contributed by atoms with Crippen LogP contribution in [-0.4, -0.2) is 49.2 Å². The minimum absolute atomic E-state index is 0.0595. The molecule has 1 aliphatic heterocycles. The molecule has 104 valence electrons. The van der Waals surface area contributed by atoms with Crippen LogP contribution in [0.25, 0.3) is 0 Å². The first kappa shape index (κ1) is 14.1. The van der Waals surface area contributed by atoms with Crippen molar-refractivity contribution >= 4 is 23.5 Å². The lowest BCUT2D eigenvalue weighted by Gasteiger charge is -2.29. The van der Waals surface area contributed by atoms with Crippen molar-refractivity contribution < 1.29 is 9.53 Å². The van der Waals surface area contributed by atoms with Crippen molar-refractivity contribution in [1.29, 1.82) is 0 Å². The van der Waals surface area contributed by atoms with E-state index in [9.17, 15) is 4.79 Å². The molecule has 0 saturated carbocycles. The van der Waals surface area contributed by atoms with Gasteiger partial charge in [-0.2, -0.15) is 11.8 Å². The largest absolute Gasteiger partial charge is 0.378 e. The van der Waals surface area contributed by atoms with Gasteiger partial charge in [0.1, 0.15) is 5.82 Å². The third-order valence-corrected chi connectivity index (χ3v) is 3.48. The molecule has 1 fully saturated rings. The Labute approximate surface area is 117 Å². The first-order chi connectivity index (χ1) is 9.31. The van der Waals surface area contributed by atoms with E-state index in [1.807, 2.05) is 18.4 Å².